The fourth-order valence-corrected chi connectivity index (χ4v) is 2.22. The van der Waals surface area contributed by atoms with Gasteiger partial charge in [0.05, 0.1) is 15.6 Å². The minimum atomic E-state index is -0.0914. The number of benzene rings is 1. The van der Waals surface area contributed by atoms with E-state index in [2.05, 4.69) is 4.98 Å². The number of aromatic amines is 1. The highest BCUT2D eigenvalue weighted by molar-refractivity contribution is 6.39. The number of hydrogen-bond donors (Lipinski definition) is 1. The first-order chi connectivity index (χ1) is 7.61. The smallest absolute Gasteiger partial charge is 0.189 e. The summed E-state index contributed by atoms with van der Waals surface area (Å²) >= 11 is 12.1. The van der Waals surface area contributed by atoms with Crippen molar-refractivity contribution in [3.8, 4) is 11.1 Å². The second-order valence-electron chi connectivity index (χ2n) is 3.44. The zero-order valence-electron chi connectivity index (χ0n) is 8.55. The molecule has 0 bridgehead atoms. The third kappa shape index (κ3) is 1.86. The second kappa shape index (κ2) is 4.32. The monoisotopic (exact) mass is 253 g/mol. The first-order valence-corrected chi connectivity index (χ1v) is 5.49. The van der Waals surface area contributed by atoms with E-state index in [4.69, 9.17) is 23.2 Å². The zero-order valence-corrected chi connectivity index (χ0v) is 10.1. The molecule has 0 spiro atoms. The maximum absolute atomic E-state index is 11.8. The maximum Gasteiger partial charge on any atom is 0.189 e. The van der Waals surface area contributed by atoms with Gasteiger partial charge in [0.2, 0.25) is 0 Å². The van der Waals surface area contributed by atoms with Crippen molar-refractivity contribution in [2.75, 3.05) is 0 Å². The number of nitrogens with one attached hydrogen (secondary N) is 1. The van der Waals surface area contributed by atoms with Gasteiger partial charge in [-0.25, -0.2) is 0 Å². The Morgan fingerprint density at radius 2 is 1.69 bits per heavy atom. The number of rotatable bonds is 1. The van der Waals surface area contributed by atoms with Crippen LogP contribution in [0, 0.1) is 6.92 Å². The molecule has 82 valence electrons. The molecule has 0 unspecified atom stereocenters. The van der Waals surface area contributed by atoms with Gasteiger partial charge in [-0.1, -0.05) is 29.3 Å². The molecule has 1 heterocycles. The lowest BCUT2D eigenvalue weighted by atomic mass is 10.0. The van der Waals surface area contributed by atoms with Crippen LogP contribution >= 0.6 is 23.2 Å². The topological polar surface area (TPSA) is 32.9 Å². The van der Waals surface area contributed by atoms with Gasteiger partial charge in [-0.05, 0) is 19.1 Å². The van der Waals surface area contributed by atoms with Crippen molar-refractivity contribution in [3.63, 3.8) is 0 Å². The number of hydrogen-bond acceptors (Lipinski definition) is 1. The van der Waals surface area contributed by atoms with Crippen molar-refractivity contribution in [3.05, 3.63) is 56.4 Å². The highest BCUT2D eigenvalue weighted by Crippen LogP contribution is 2.33. The van der Waals surface area contributed by atoms with Crippen LogP contribution in [-0.4, -0.2) is 4.98 Å². The minimum Gasteiger partial charge on any atom is -0.364 e. The van der Waals surface area contributed by atoms with Gasteiger partial charge in [-0.2, -0.15) is 0 Å². The number of halogens is 2. The Bertz CT molecular complexity index is 570. The van der Waals surface area contributed by atoms with Crippen LogP contribution in [0.25, 0.3) is 11.1 Å². The van der Waals surface area contributed by atoms with E-state index >= 15 is 0 Å². The van der Waals surface area contributed by atoms with Gasteiger partial charge in [0.1, 0.15) is 0 Å². The highest BCUT2D eigenvalue weighted by atomic mass is 35.5. The molecule has 0 aliphatic heterocycles. The summed E-state index contributed by atoms with van der Waals surface area (Å²) in [6.07, 6.45) is 1.60. The summed E-state index contributed by atoms with van der Waals surface area (Å²) in [5.41, 5.74) is 1.78. The Morgan fingerprint density at radius 3 is 2.25 bits per heavy atom. The largest absolute Gasteiger partial charge is 0.364 e. The molecule has 16 heavy (non-hydrogen) atoms. The molecule has 0 amide bonds. The molecule has 2 aromatic rings. The van der Waals surface area contributed by atoms with E-state index < -0.39 is 0 Å². The highest BCUT2D eigenvalue weighted by Gasteiger charge is 2.13. The standard InChI is InChI=1S/C12H9Cl2NO/c1-7-11(10(16)5-6-15-7)12-8(13)3-2-4-9(12)14/h2-6H,1H3,(H,15,16). The molecule has 2 rings (SSSR count). The van der Waals surface area contributed by atoms with Gasteiger partial charge in [0, 0.05) is 23.5 Å². The van der Waals surface area contributed by atoms with E-state index in [0.717, 1.165) is 5.69 Å². The van der Waals surface area contributed by atoms with Gasteiger partial charge in [0.15, 0.2) is 5.43 Å². The molecule has 0 aliphatic carbocycles. The summed E-state index contributed by atoms with van der Waals surface area (Å²) in [6, 6.07) is 6.64. The van der Waals surface area contributed by atoms with Gasteiger partial charge >= 0.3 is 0 Å². The molecule has 4 heteroatoms. The van der Waals surface area contributed by atoms with E-state index in [-0.39, 0.29) is 5.43 Å². The molecular formula is C12H9Cl2NO. The number of aryl methyl sites for hydroxylation is 1. The molecule has 1 N–H and O–H groups in total. The molecule has 0 atom stereocenters. The SMILES string of the molecule is Cc1[nH]ccc(=O)c1-c1c(Cl)cccc1Cl. The molecule has 0 aliphatic rings. The Hall–Kier alpha value is -1.25. The van der Waals surface area contributed by atoms with Gasteiger partial charge < -0.3 is 4.98 Å². The molecule has 1 aromatic heterocycles. The van der Waals surface area contributed by atoms with Crippen LogP contribution in [0.3, 0.4) is 0 Å². The Balaban J connectivity index is 2.83. The van der Waals surface area contributed by atoms with Crippen LogP contribution in [0.1, 0.15) is 5.69 Å². The predicted octanol–water partition coefficient (Wildman–Crippen LogP) is 3.66. The second-order valence-corrected chi connectivity index (χ2v) is 4.25. The van der Waals surface area contributed by atoms with Crippen LogP contribution in [0.4, 0.5) is 0 Å². The molecule has 0 saturated heterocycles. The fraction of sp³-hybridized carbons (Fsp3) is 0.0833. The summed E-state index contributed by atoms with van der Waals surface area (Å²) in [6.45, 7) is 1.82. The van der Waals surface area contributed by atoms with Crippen molar-refractivity contribution in [1.82, 2.24) is 4.98 Å². The first-order valence-electron chi connectivity index (χ1n) is 4.74. The average molecular weight is 254 g/mol. The van der Waals surface area contributed by atoms with Crippen LogP contribution in [0.5, 0.6) is 0 Å². The lowest BCUT2D eigenvalue weighted by molar-refractivity contribution is 1.19. The van der Waals surface area contributed by atoms with Crippen LogP contribution in [-0.2, 0) is 0 Å². The minimum absolute atomic E-state index is 0.0914. The summed E-state index contributed by atoms with van der Waals surface area (Å²) in [7, 11) is 0. The maximum atomic E-state index is 11.8. The Kier molecular flexibility index (Phi) is 3.03. The van der Waals surface area contributed by atoms with Gasteiger partial charge in [-0.15, -0.1) is 0 Å². The van der Waals surface area contributed by atoms with E-state index in [9.17, 15) is 4.79 Å². The van der Waals surface area contributed by atoms with Crippen LogP contribution in [0.2, 0.25) is 10.0 Å². The third-order valence-corrected chi connectivity index (χ3v) is 3.00. The molecule has 2 nitrogen and oxygen atoms in total. The summed E-state index contributed by atoms with van der Waals surface area (Å²) in [5, 5.41) is 0.958. The van der Waals surface area contributed by atoms with Crippen LogP contribution in [0.15, 0.2) is 35.3 Å². The van der Waals surface area contributed by atoms with Crippen molar-refractivity contribution >= 4 is 23.2 Å². The quantitative estimate of drug-likeness (QED) is 0.827. The van der Waals surface area contributed by atoms with E-state index in [0.29, 0.717) is 21.2 Å². The number of pyridine rings is 1. The summed E-state index contributed by atoms with van der Waals surface area (Å²) in [4.78, 5) is 14.8. The molecule has 1 aromatic carbocycles. The van der Waals surface area contributed by atoms with E-state index in [1.54, 1.807) is 24.4 Å². The van der Waals surface area contributed by atoms with Gasteiger partial charge in [-0.3, -0.25) is 4.79 Å². The lowest BCUT2D eigenvalue weighted by Crippen LogP contribution is -2.06. The normalized spacial score (nSPS) is 10.4. The van der Waals surface area contributed by atoms with E-state index in [1.807, 2.05) is 6.92 Å². The molecule has 0 radical (unpaired) electrons. The van der Waals surface area contributed by atoms with Crippen molar-refractivity contribution in [2.45, 2.75) is 6.92 Å². The average Bonchev–Trinajstić information content (AvgIpc) is 2.21. The van der Waals surface area contributed by atoms with Crippen molar-refractivity contribution < 1.29 is 0 Å². The van der Waals surface area contributed by atoms with Crippen molar-refractivity contribution in [1.29, 1.82) is 0 Å². The number of H-pyrrole nitrogens is 1. The Labute approximate surface area is 103 Å². The zero-order chi connectivity index (χ0) is 11.7. The molecule has 0 fully saturated rings. The number of aromatic nitrogens is 1. The van der Waals surface area contributed by atoms with Crippen LogP contribution < -0.4 is 5.43 Å². The Morgan fingerprint density at radius 1 is 1.06 bits per heavy atom. The lowest BCUT2D eigenvalue weighted by Gasteiger charge is -2.08. The fourth-order valence-electron chi connectivity index (χ4n) is 1.63. The van der Waals surface area contributed by atoms with E-state index in [1.165, 1.54) is 6.07 Å². The van der Waals surface area contributed by atoms with Gasteiger partial charge in [0.25, 0.3) is 0 Å². The first kappa shape index (κ1) is 11.2. The summed E-state index contributed by atoms with van der Waals surface area (Å²) < 4.78 is 0. The summed E-state index contributed by atoms with van der Waals surface area (Å²) in [5.74, 6) is 0. The molecular weight excluding hydrogens is 245 g/mol. The predicted molar refractivity (Wildman–Crippen MR) is 67.3 cm³/mol. The third-order valence-electron chi connectivity index (χ3n) is 2.37. The van der Waals surface area contributed by atoms with Crippen molar-refractivity contribution in [2.24, 2.45) is 0 Å². The molecule has 0 saturated carbocycles.